The van der Waals surface area contributed by atoms with Crippen molar-refractivity contribution in [2.24, 2.45) is 5.92 Å². The predicted octanol–water partition coefficient (Wildman–Crippen LogP) is 2.94. The first kappa shape index (κ1) is 17.7. The van der Waals surface area contributed by atoms with Crippen LogP contribution in [0.15, 0.2) is 34.9 Å². The lowest BCUT2D eigenvalue weighted by Crippen LogP contribution is -2.31. The van der Waals surface area contributed by atoms with Gasteiger partial charge in [0.05, 0.1) is 11.7 Å². The van der Waals surface area contributed by atoms with E-state index in [4.69, 9.17) is 4.42 Å². The highest BCUT2D eigenvalue weighted by molar-refractivity contribution is 6.07. The van der Waals surface area contributed by atoms with Crippen LogP contribution in [0.25, 0.3) is 10.9 Å². The molecule has 1 amide bonds. The summed E-state index contributed by atoms with van der Waals surface area (Å²) in [5.74, 6) is 1.17. The summed E-state index contributed by atoms with van der Waals surface area (Å²) in [6.07, 6.45) is 1.72. The number of hydrogen-bond acceptors (Lipinski definition) is 5. The number of aliphatic hydroxyl groups is 1. The molecular formula is C20H24N4O3. The number of carbonyl (C=O) groups is 1. The van der Waals surface area contributed by atoms with E-state index in [1.165, 1.54) is 0 Å². The molecule has 3 heterocycles. The van der Waals surface area contributed by atoms with E-state index < -0.39 is 12.1 Å². The van der Waals surface area contributed by atoms with Gasteiger partial charge in [0.2, 0.25) is 11.8 Å². The monoisotopic (exact) mass is 368 g/mol. The van der Waals surface area contributed by atoms with Crippen molar-refractivity contribution < 1.29 is 14.3 Å². The topological polar surface area (TPSA) is 84.4 Å². The number of fused-ring (bicyclic) bond motifs is 1. The molecule has 3 aromatic rings. The first-order valence-corrected chi connectivity index (χ1v) is 9.31. The van der Waals surface area contributed by atoms with Crippen molar-refractivity contribution in [3.63, 3.8) is 0 Å². The molecule has 0 saturated carbocycles. The van der Waals surface area contributed by atoms with Crippen molar-refractivity contribution in [2.45, 2.75) is 45.9 Å². The lowest BCUT2D eigenvalue weighted by atomic mass is 10.1. The zero-order valence-electron chi connectivity index (χ0n) is 15.8. The third kappa shape index (κ3) is 3.23. The Morgan fingerprint density at radius 1 is 1.33 bits per heavy atom. The summed E-state index contributed by atoms with van der Waals surface area (Å²) in [4.78, 5) is 15.1. The molecule has 1 N–H and O–H groups in total. The van der Waals surface area contributed by atoms with Gasteiger partial charge in [0.25, 0.3) is 5.91 Å². The van der Waals surface area contributed by atoms with Crippen molar-refractivity contribution >= 4 is 16.8 Å². The zero-order valence-corrected chi connectivity index (χ0v) is 15.8. The van der Waals surface area contributed by atoms with Gasteiger partial charge in [-0.15, -0.1) is 10.2 Å². The van der Waals surface area contributed by atoms with Crippen LogP contribution >= 0.6 is 0 Å². The summed E-state index contributed by atoms with van der Waals surface area (Å²) < 4.78 is 7.68. The number of aromatic nitrogens is 3. The number of benzene rings is 1. The van der Waals surface area contributed by atoms with E-state index in [0.29, 0.717) is 29.7 Å². The Morgan fingerprint density at radius 2 is 2.11 bits per heavy atom. The van der Waals surface area contributed by atoms with E-state index in [0.717, 1.165) is 17.4 Å². The third-order valence-corrected chi connectivity index (χ3v) is 4.95. The van der Waals surface area contributed by atoms with Crippen LogP contribution in [0.1, 0.15) is 48.4 Å². The molecule has 2 aromatic heterocycles. The summed E-state index contributed by atoms with van der Waals surface area (Å²) in [5.41, 5.74) is 1.68. The van der Waals surface area contributed by atoms with E-state index in [2.05, 4.69) is 28.6 Å². The molecule has 1 aliphatic rings. The van der Waals surface area contributed by atoms with Gasteiger partial charge in [0.15, 0.2) is 0 Å². The van der Waals surface area contributed by atoms with Crippen LogP contribution in [-0.2, 0) is 6.54 Å². The molecule has 27 heavy (non-hydrogen) atoms. The maximum atomic E-state index is 13.4. The molecule has 7 nitrogen and oxygen atoms in total. The highest BCUT2D eigenvalue weighted by Crippen LogP contribution is 2.34. The molecule has 7 heteroatoms. The molecule has 1 saturated heterocycles. The summed E-state index contributed by atoms with van der Waals surface area (Å²) >= 11 is 0. The molecular weight excluding hydrogens is 344 g/mol. The summed E-state index contributed by atoms with van der Waals surface area (Å²) in [7, 11) is 0. The van der Waals surface area contributed by atoms with Crippen LogP contribution in [0.3, 0.4) is 0 Å². The minimum absolute atomic E-state index is 0.119. The van der Waals surface area contributed by atoms with Gasteiger partial charge in [-0.2, -0.15) is 0 Å². The summed E-state index contributed by atoms with van der Waals surface area (Å²) in [5, 5.41) is 19.0. The molecule has 0 aliphatic carbocycles. The lowest BCUT2D eigenvalue weighted by Gasteiger charge is -2.21. The molecule has 2 atom stereocenters. The third-order valence-electron chi connectivity index (χ3n) is 4.95. The van der Waals surface area contributed by atoms with Crippen molar-refractivity contribution in [1.82, 2.24) is 19.7 Å². The smallest absolute Gasteiger partial charge is 0.256 e. The number of aliphatic hydroxyl groups excluding tert-OH is 1. The van der Waals surface area contributed by atoms with E-state index in [-0.39, 0.29) is 12.5 Å². The molecule has 1 aliphatic heterocycles. The number of β-amino-alcohol motifs (C(OH)–C–C–N with tert-alkyl or cyclic N) is 1. The average molecular weight is 368 g/mol. The number of rotatable bonds is 4. The number of nitrogens with zero attached hydrogens (tertiary/aromatic N) is 4. The average Bonchev–Trinajstić information content (AvgIpc) is 3.32. The Kier molecular flexibility index (Phi) is 4.47. The fourth-order valence-electron chi connectivity index (χ4n) is 3.84. The molecule has 4 rings (SSSR count). The second-order valence-electron chi connectivity index (χ2n) is 7.63. The van der Waals surface area contributed by atoms with Crippen molar-refractivity contribution in [2.75, 3.05) is 6.54 Å². The fraction of sp³-hybridized carbons (Fsp3) is 0.450. The Morgan fingerprint density at radius 3 is 2.81 bits per heavy atom. The van der Waals surface area contributed by atoms with E-state index >= 15 is 0 Å². The number of amides is 1. The van der Waals surface area contributed by atoms with E-state index in [1.807, 2.05) is 30.5 Å². The number of hydrogen-bond donors (Lipinski definition) is 1. The molecule has 142 valence electrons. The standard InChI is InChI=1S/C20H24N4O3/c1-12(2)9-23-11-16(15-6-4-5-7-17(15)23)20(26)24-10-14(25)8-18(24)19-22-21-13(3)27-19/h4-7,11-12,14,18,25H,8-10H2,1-3H3/t14-,18-/m1/s1. The summed E-state index contributed by atoms with van der Waals surface area (Å²) in [6.45, 7) is 7.12. The van der Waals surface area contributed by atoms with Crippen molar-refractivity contribution in [3.05, 3.63) is 47.8 Å². The second kappa shape index (κ2) is 6.81. The Labute approximate surface area is 157 Å². The Balaban J connectivity index is 1.73. The first-order chi connectivity index (χ1) is 12.9. The molecule has 0 unspecified atom stereocenters. The number of carbonyl (C=O) groups excluding carboxylic acids is 1. The van der Waals surface area contributed by atoms with Crippen LogP contribution < -0.4 is 0 Å². The maximum Gasteiger partial charge on any atom is 0.256 e. The molecule has 0 bridgehead atoms. The quantitative estimate of drug-likeness (QED) is 0.765. The number of likely N-dealkylation sites (tertiary alicyclic amines) is 1. The van der Waals surface area contributed by atoms with Crippen LogP contribution in [0.2, 0.25) is 0 Å². The first-order valence-electron chi connectivity index (χ1n) is 9.31. The Bertz CT molecular complexity index is 975. The number of para-hydroxylation sites is 1. The molecule has 0 radical (unpaired) electrons. The van der Waals surface area contributed by atoms with Gasteiger partial charge in [-0.25, -0.2) is 0 Å². The van der Waals surface area contributed by atoms with Crippen LogP contribution in [-0.4, -0.2) is 43.3 Å². The normalized spacial score (nSPS) is 20.1. The van der Waals surface area contributed by atoms with Gasteiger partial charge < -0.3 is 19.0 Å². The van der Waals surface area contributed by atoms with Gasteiger partial charge >= 0.3 is 0 Å². The fourth-order valence-corrected chi connectivity index (χ4v) is 3.84. The number of aryl methyl sites for hydroxylation is 1. The van der Waals surface area contributed by atoms with Gasteiger partial charge in [0.1, 0.15) is 6.04 Å². The van der Waals surface area contributed by atoms with Gasteiger partial charge in [-0.3, -0.25) is 4.79 Å². The minimum Gasteiger partial charge on any atom is -0.423 e. The van der Waals surface area contributed by atoms with Gasteiger partial charge in [-0.05, 0) is 12.0 Å². The highest BCUT2D eigenvalue weighted by Gasteiger charge is 2.39. The largest absolute Gasteiger partial charge is 0.423 e. The van der Waals surface area contributed by atoms with Crippen LogP contribution in [0.4, 0.5) is 0 Å². The molecule has 0 spiro atoms. The van der Waals surface area contributed by atoms with Crippen LogP contribution in [0, 0.1) is 12.8 Å². The van der Waals surface area contributed by atoms with Crippen molar-refractivity contribution in [1.29, 1.82) is 0 Å². The van der Waals surface area contributed by atoms with E-state index in [1.54, 1.807) is 11.8 Å². The maximum absolute atomic E-state index is 13.4. The minimum atomic E-state index is -0.602. The summed E-state index contributed by atoms with van der Waals surface area (Å²) in [6, 6.07) is 7.53. The predicted molar refractivity (Wildman–Crippen MR) is 100 cm³/mol. The highest BCUT2D eigenvalue weighted by atomic mass is 16.4. The second-order valence-corrected chi connectivity index (χ2v) is 7.63. The Hall–Kier alpha value is -2.67. The van der Waals surface area contributed by atoms with Gasteiger partial charge in [-0.1, -0.05) is 32.0 Å². The van der Waals surface area contributed by atoms with Gasteiger partial charge in [0, 0.05) is 43.5 Å². The van der Waals surface area contributed by atoms with E-state index in [9.17, 15) is 9.90 Å². The molecule has 1 fully saturated rings. The SMILES string of the molecule is Cc1nnc([C@H]2C[C@@H](O)CN2C(=O)c2cn(CC(C)C)c3ccccc23)o1. The molecule has 1 aromatic carbocycles. The lowest BCUT2D eigenvalue weighted by molar-refractivity contribution is 0.0699. The zero-order chi connectivity index (χ0) is 19.1. The van der Waals surface area contributed by atoms with Crippen LogP contribution in [0.5, 0.6) is 0 Å². The van der Waals surface area contributed by atoms with Crippen molar-refractivity contribution in [3.8, 4) is 0 Å².